The van der Waals surface area contributed by atoms with Gasteiger partial charge < -0.3 is 0 Å². The molecule has 1 heterocycles. The Morgan fingerprint density at radius 3 is 2.45 bits per heavy atom. The number of hydrogen-bond acceptors (Lipinski definition) is 2. The van der Waals surface area contributed by atoms with Crippen LogP contribution >= 0.6 is 11.6 Å². The Hall–Kier alpha value is -2.39. The molecule has 4 rings (SSSR count). The second-order valence-corrected chi connectivity index (χ2v) is 9.76. The van der Waals surface area contributed by atoms with Crippen molar-refractivity contribution in [1.29, 1.82) is 0 Å². The average molecular weight is 435 g/mol. The second kappa shape index (κ2) is 9.40. The molecule has 1 saturated carbocycles. The van der Waals surface area contributed by atoms with E-state index < -0.39 is 0 Å². The molecule has 31 heavy (non-hydrogen) atoms. The van der Waals surface area contributed by atoms with Crippen molar-refractivity contribution in [3.05, 3.63) is 87.7 Å². The fraction of sp³-hybridized carbons (Fsp3) is 0.407. The van der Waals surface area contributed by atoms with E-state index in [2.05, 4.69) is 32.0 Å². The van der Waals surface area contributed by atoms with Gasteiger partial charge in [-0.3, -0.25) is 4.79 Å². The van der Waals surface area contributed by atoms with Crippen LogP contribution in [0.25, 0.3) is 11.3 Å². The minimum Gasteiger partial charge on any atom is -0.268 e. The van der Waals surface area contributed by atoms with Gasteiger partial charge in [0.05, 0.1) is 11.7 Å². The van der Waals surface area contributed by atoms with E-state index in [4.69, 9.17) is 16.7 Å². The van der Waals surface area contributed by atoms with Crippen LogP contribution in [0.15, 0.2) is 71.5 Å². The summed E-state index contributed by atoms with van der Waals surface area (Å²) in [6.07, 6.45) is 6.36. The van der Waals surface area contributed by atoms with Crippen molar-refractivity contribution >= 4 is 11.6 Å². The quantitative estimate of drug-likeness (QED) is 0.416. The molecule has 0 saturated heterocycles. The minimum atomic E-state index is -0.0119. The van der Waals surface area contributed by atoms with Crippen molar-refractivity contribution in [2.75, 3.05) is 0 Å². The first-order chi connectivity index (χ1) is 15.0. The van der Waals surface area contributed by atoms with Crippen molar-refractivity contribution in [2.45, 2.75) is 63.8 Å². The van der Waals surface area contributed by atoms with Crippen molar-refractivity contribution < 1.29 is 0 Å². The third-order valence-corrected chi connectivity index (χ3v) is 7.03. The Morgan fingerprint density at radius 1 is 1.03 bits per heavy atom. The van der Waals surface area contributed by atoms with E-state index in [1.165, 1.54) is 12.0 Å². The Kier molecular flexibility index (Phi) is 6.62. The van der Waals surface area contributed by atoms with Gasteiger partial charge in [0.25, 0.3) is 5.56 Å². The molecule has 162 valence electrons. The number of nitrogens with zero attached hydrogens (tertiary/aromatic N) is 2. The summed E-state index contributed by atoms with van der Waals surface area (Å²) in [6, 6.07) is 22.1. The van der Waals surface area contributed by atoms with Crippen LogP contribution in [0.1, 0.15) is 64.0 Å². The molecule has 1 fully saturated rings. The first-order valence-corrected chi connectivity index (χ1v) is 11.8. The van der Waals surface area contributed by atoms with E-state index in [9.17, 15) is 4.79 Å². The lowest BCUT2D eigenvalue weighted by Crippen LogP contribution is -2.36. The van der Waals surface area contributed by atoms with Crippen molar-refractivity contribution in [1.82, 2.24) is 9.78 Å². The number of benzene rings is 2. The SMILES string of the molecule is CC(C)CCC1(c2cccc(Cl)c2)CCC(n2nc(-c3ccccc3)ccc2=O)CC1. The lowest BCUT2D eigenvalue weighted by Gasteiger charge is -2.41. The van der Waals surface area contributed by atoms with Crippen LogP contribution in [-0.4, -0.2) is 9.78 Å². The Labute approximate surface area is 190 Å². The molecule has 1 aliphatic carbocycles. The minimum absolute atomic E-state index is 0.0119. The Balaban J connectivity index is 1.59. The normalized spacial score (nSPS) is 21.4. The van der Waals surface area contributed by atoms with Crippen LogP contribution in [-0.2, 0) is 5.41 Å². The monoisotopic (exact) mass is 434 g/mol. The highest BCUT2D eigenvalue weighted by Gasteiger charge is 2.37. The molecule has 0 N–H and O–H groups in total. The summed E-state index contributed by atoms with van der Waals surface area (Å²) < 4.78 is 1.73. The van der Waals surface area contributed by atoms with Crippen LogP contribution in [0.4, 0.5) is 0 Å². The molecule has 0 unspecified atom stereocenters. The van der Waals surface area contributed by atoms with Crippen LogP contribution < -0.4 is 5.56 Å². The largest absolute Gasteiger partial charge is 0.268 e. The molecular weight excluding hydrogens is 404 g/mol. The maximum Gasteiger partial charge on any atom is 0.267 e. The number of hydrogen-bond donors (Lipinski definition) is 0. The standard InChI is InChI=1S/C27H31ClN2O/c1-20(2)13-16-27(22-9-6-10-23(28)19-22)17-14-24(15-18-27)30-26(31)12-11-25(29-30)21-7-4-3-5-8-21/h3-12,19-20,24H,13-18H2,1-2H3. The van der Waals surface area contributed by atoms with Gasteiger partial charge in [0, 0.05) is 16.7 Å². The number of halogens is 1. The van der Waals surface area contributed by atoms with E-state index >= 15 is 0 Å². The highest BCUT2D eigenvalue weighted by atomic mass is 35.5. The maximum absolute atomic E-state index is 12.7. The van der Waals surface area contributed by atoms with Gasteiger partial charge in [0.1, 0.15) is 0 Å². The average Bonchev–Trinajstić information content (AvgIpc) is 2.79. The molecule has 0 amide bonds. The highest BCUT2D eigenvalue weighted by molar-refractivity contribution is 6.30. The van der Waals surface area contributed by atoms with E-state index in [1.54, 1.807) is 10.7 Å². The summed E-state index contributed by atoms with van der Waals surface area (Å²) in [7, 11) is 0. The van der Waals surface area contributed by atoms with Crippen LogP contribution in [0.2, 0.25) is 5.02 Å². The molecule has 0 aliphatic heterocycles. The molecule has 0 atom stereocenters. The van der Waals surface area contributed by atoms with Crippen LogP contribution in [0.5, 0.6) is 0 Å². The molecular formula is C27H31ClN2O. The van der Waals surface area contributed by atoms with E-state index in [0.717, 1.165) is 48.4 Å². The second-order valence-electron chi connectivity index (χ2n) is 9.32. The first kappa shape index (κ1) is 21.8. The summed E-state index contributed by atoms with van der Waals surface area (Å²) in [5.41, 5.74) is 3.36. The lowest BCUT2D eigenvalue weighted by atomic mass is 9.65. The topological polar surface area (TPSA) is 34.9 Å². The van der Waals surface area contributed by atoms with Crippen molar-refractivity contribution in [2.24, 2.45) is 5.92 Å². The van der Waals surface area contributed by atoms with Gasteiger partial charge >= 0.3 is 0 Å². The fourth-order valence-electron chi connectivity index (χ4n) is 4.92. The van der Waals surface area contributed by atoms with Crippen LogP contribution in [0.3, 0.4) is 0 Å². The van der Waals surface area contributed by atoms with Crippen molar-refractivity contribution in [3.63, 3.8) is 0 Å². The number of rotatable bonds is 6. The van der Waals surface area contributed by atoms with Gasteiger partial charge in [0.15, 0.2) is 0 Å². The zero-order chi connectivity index (χ0) is 21.8. The van der Waals surface area contributed by atoms with E-state index in [-0.39, 0.29) is 17.0 Å². The Bertz CT molecular complexity index is 1070. The number of aromatic nitrogens is 2. The summed E-state index contributed by atoms with van der Waals surface area (Å²) in [4.78, 5) is 12.7. The Morgan fingerprint density at radius 2 is 1.77 bits per heavy atom. The van der Waals surface area contributed by atoms with Gasteiger partial charge in [-0.1, -0.05) is 74.3 Å². The van der Waals surface area contributed by atoms with E-state index in [0.29, 0.717) is 5.92 Å². The first-order valence-electron chi connectivity index (χ1n) is 11.4. The zero-order valence-electron chi connectivity index (χ0n) is 18.4. The van der Waals surface area contributed by atoms with Crippen LogP contribution in [0, 0.1) is 5.92 Å². The molecule has 3 nitrogen and oxygen atoms in total. The highest BCUT2D eigenvalue weighted by Crippen LogP contribution is 2.46. The molecule has 2 aromatic carbocycles. The van der Waals surface area contributed by atoms with E-state index in [1.807, 2.05) is 42.5 Å². The summed E-state index contributed by atoms with van der Waals surface area (Å²) >= 11 is 6.35. The van der Waals surface area contributed by atoms with Gasteiger partial charge in [-0.25, -0.2) is 4.68 Å². The molecule has 1 aliphatic rings. The molecule has 4 heteroatoms. The zero-order valence-corrected chi connectivity index (χ0v) is 19.2. The smallest absolute Gasteiger partial charge is 0.267 e. The molecule has 1 aromatic heterocycles. The fourth-order valence-corrected chi connectivity index (χ4v) is 5.11. The summed E-state index contributed by atoms with van der Waals surface area (Å²) in [5.74, 6) is 0.667. The predicted molar refractivity (Wildman–Crippen MR) is 129 cm³/mol. The maximum atomic E-state index is 12.7. The third kappa shape index (κ3) is 4.93. The molecule has 3 aromatic rings. The molecule has 0 radical (unpaired) electrons. The summed E-state index contributed by atoms with van der Waals surface area (Å²) in [6.45, 7) is 4.58. The third-order valence-electron chi connectivity index (χ3n) is 6.79. The van der Waals surface area contributed by atoms with Gasteiger partial charge in [0.2, 0.25) is 0 Å². The van der Waals surface area contributed by atoms with Crippen molar-refractivity contribution in [3.8, 4) is 11.3 Å². The summed E-state index contributed by atoms with van der Waals surface area (Å²) in [5, 5.41) is 5.56. The van der Waals surface area contributed by atoms with Gasteiger partial charge in [-0.15, -0.1) is 0 Å². The molecule has 0 spiro atoms. The predicted octanol–water partition coefficient (Wildman–Crippen LogP) is 7.05. The molecule has 0 bridgehead atoms. The van der Waals surface area contributed by atoms with Gasteiger partial charge in [-0.05, 0) is 67.2 Å². The lowest BCUT2D eigenvalue weighted by molar-refractivity contribution is 0.197. The van der Waals surface area contributed by atoms with Gasteiger partial charge in [-0.2, -0.15) is 5.10 Å².